The van der Waals surface area contributed by atoms with Crippen molar-refractivity contribution in [3.05, 3.63) is 11.6 Å². The van der Waals surface area contributed by atoms with Crippen LogP contribution in [0.1, 0.15) is 20.8 Å². The van der Waals surface area contributed by atoms with E-state index in [4.69, 9.17) is 4.74 Å². The molecule has 0 spiro atoms. The molecule has 0 bridgehead atoms. The zero-order chi connectivity index (χ0) is 9.56. The highest BCUT2D eigenvalue weighted by molar-refractivity contribution is 5.91. The molecule has 0 N–H and O–H groups in total. The minimum Gasteiger partial charge on any atom is -0.366 e. The van der Waals surface area contributed by atoms with Gasteiger partial charge in [-0.05, 0) is 26.8 Å². The van der Waals surface area contributed by atoms with Crippen LogP contribution in [0, 0.1) is 0 Å². The molecule has 0 radical (unpaired) electrons. The van der Waals surface area contributed by atoms with Gasteiger partial charge in [-0.3, -0.25) is 9.59 Å². The van der Waals surface area contributed by atoms with E-state index in [9.17, 15) is 9.59 Å². The lowest BCUT2D eigenvalue weighted by Gasteiger charge is -1.97. The first-order valence-electron chi connectivity index (χ1n) is 3.77. The Balaban J connectivity index is 3.59. The number of ketones is 2. The summed E-state index contributed by atoms with van der Waals surface area (Å²) in [7, 11) is 0. The molecule has 68 valence electrons. The van der Waals surface area contributed by atoms with E-state index in [1.807, 2.05) is 13.8 Å². The third-order valence-corrected chi connectivity index (χ3v) is 0.999. The van der Waals surface area contributed by atoms with Crippen LogP contribution in [-0.4, -0.2) is 24.8 Å². The predicted molar refractivity (Wildman–Crippen MR) is 45.9 cm³/mol. The van der Waals surface area contributed by atoms with Crippen molar-refractivity contribution in [1.29, 1.82) is 0 Å². The highest BCUT2D eigenvalue weighted by Crippen LogP contribution is 1.89. The van der Waals surface area contributed by atoms with Crippen LogP contribution < -0.4 is 0 Å². The molecular formula is C9H14O3. The van der Waals surface area contributed by atoms with Gasteiger partial charge in [0.05, 0.1) is 0 Å². The lowest BCUT2D eigenvalue weighted by molar-refractivity contribution is -0.125. The number of carbonyl (C=O) groups is 2. The first-order chi connectivity index (χ1) is 5.52. The van der Waals surface area contributed by atoms with Gasteiger partial charge in [-0.1, -0.05) is 5.57 Å². The van der Waals surface area contributed by atoms with E-state index < -0.39 is 0 Å². The zero-order valence-electron chi connectivity index (χ0n) is 7.72. The van der Waals surface area contributed by atoms with E-state index in [1.165, 1.54) is 13.0 Å². The Morgan fingerprint density at radius 2 is 1.75 bits per heavy atom. The summed E-state index contributed by atoms with van der Waals surface area (Å²) in [5.74, 6) is -0.170. The van der Waals surface area contributed by atoms with Crippen molar-refractivity contribution in [3.8, 4) is 0 Å². The van der Waals surface area contributed by atoms with Crippen LogP contribution in [0.2, 0.25) is 0 Å². The normalized spacial score (nSPS) is 9.25. The Hall–Kier alpha value is -0.960. The van der Waals surface area contributed by atoms with Gasteiger partial charge in [-0.2, -0.15) is 0 Å². The fourth-order valence-corrected chi connectivity index (χ4v) is 0.659. The first-order valence-corrected chi connectivity index (χ1v) is 3.77. The first kappa shape index (κ1) is 11.0. The minimum absolute atomic E-state index is 0.00917. The van der Waals surface area contributed by atoms with Crippen molar-refractivity contribution in [2.45, 2.75) is 20.8 Å². The monoisotopic (exact) mass is 170 g/mol. The van der Waals surface area contributed by atoms with Crippen LogP contribution in [0.15, 0.2) is 11.6 Å². The van der Waals surface area contributed by atoms with Gasteiger partial charge in [-0.15, -0.1) is 0 Å². The maximum atomic E-state index is 10.9. The van der Waals surface area contributed by atoms with Crippen LogP contribution in [0.5, 0.6) is 0 Å². The molecule has 0 rings (SSSR count). The molecule has 0 amide bonds. The van der Waals surface area contributed by atoms with Crippen LogP contribution in [0.25, 0.3) is 0 Å². The van der Waals surface area contributed by atoms with E-state index >= 15 is 0 Å². The number of allylic oxidation sites excluding steroid dienone is 1. The predicted octanol–water partition coefficient (Wildman–Crippen LogP) is 1.13. The lowest BCUT2D eigenvalue weighted by atomic mass is 10.2. The summed E-state index contributed by atoms with van der Waals surface area (Å²) in [6.45, 7) is 5.10. The summed E-state index contributed by atoms with van der Waals surface area (Å²) in [5.41, 5.74) is 0.937. The zero-order valence-corrected chi connectivity index (χ0v) is 7.72. The number of hydrogen-bond donors (Lipinski definition) is 0. The maximum absolute atomic E-state index is 10.9. The fourth-order valence-electron chi connectivity index (χ4n) is 0.659. The third-order valence-electron chi connectivity index (χ3n) is 0.999. The number of carbonyl (C=O) groups excluding carboxylic acids is 2. The Kier molecular flexibility index (Phi) is 5.21. The van der Waals surface area contributed by atoms with Crippen LogP contribution in [0.3, 0.4) is 0 Å². The quantitative estimate of drug-likeness (QED) is 0.581. The SMILES string of the molecule is CC(=O)COCC(=O)C=C(C)C. The molecule has 0 aromatic carbocycles. The van der Waals surface area contributed by atoms with Crippen LogP contribution in [0.4, 0.5) is 0 Å². The highest BCUT2D eigenvalue weighted by atomic mass is 16.5. The summed E-state index contributed by atoms with van der Waals surface area (Å²) in [5, 5.41) is 0. The summed E-state index contributed by atoms with van der Waals surface area (Å²) < 4.78 is 4.81. The smallest absolute Gasteiger partial charge is 0.181 e. The second-order valence-corrected chi connectivity index (χ2v) is 2.88. The van der Waals surface area contributed by atoms with E-state index in [0.717, 1.165) is 5.57 Å². The Labute approximate surface area is 72.4 Å². The van der Waals surface area contributed by atoms with E-state index in [1.54, 1.807) is 0 Å². The molecule has 0 aromatic heterocycles. The Morgan fingerprint density at radius 3 is 2.17 bits per heavy atom. The molecular weight excluding hydrogens is 156 g/mol. The van der Waals surface area contributed by atoms with Gasteiger partial charge in [-0.25, -0.2) is 0 Å². The van der Waals surface area contributed by atoms with Gasteiger partial charge < -0.3 is 4.74 Å². The molecule has 0 unspecified atom stereocenters. The van der Waals surface area contributed by atoms with Gasteiger partial charge in [0.15, 0.2) is 11.6 Å². The number of Topliss-reactive ketones (excluding diaryl/α,β-unsaturated/α-hetero) is 1. The van der Waals surface area contributed by atoms with Gasteiger partial charge >= 0.3 is 0 Å². The molecule has 12 heavy (non-hydrogen) atoms. The van der Waals surface area contributed by atoms with Crippen LogP contribution >= 0.6 is 0 Å². The third kappa shape index (κ3) is 7.15. The molecule has 0 fully saturated rings. The number of ether oxygens (including phenoxy) is 1. The average molecular weight is 170 g/mol. The minimum atomic E-state index is -0.101. The largest absolute Gasteiger partial charge is 0.366 e. The Bertz CT molecular complexity index is 200. The molecule has 0 aliphatic carbocycles. The summed E-state index contributed by atoms with van der Waals surface area (Å²) in [6.07, 6.45) is 1.50. The molecule has 3 nitrogen and oxygen atoms in total. The van der Waals surface area contributed by atoms with Crippen molar-refractivity contribution in [2.75, 3.05) is 13.2 Å². The van der Waals surface area contributed by atoms with E-state index in [0.29, 0.717) is 0 Å². The topological polar surface area (TPSA) is 43.4 Å². The fraction of sp³-hybridized carbons (Fsp3) is 0.556. The van der Waals surface area contributed by atoms with Gasteiger partial charge in [0.2, 0.25) is 0 Å². The van der Waals surface area contributed by atoms with Gasteiger partial charge in [0, 0.05) is 0 Å². The molecule has 0 heterocycles. The van der Waals surface area contributed by atoms with Crippen molar-refractivity contribution in [3.63, 3.8) is 0 Å². The second kappa shape index (κ2) is 5.66. The second-order valence-electron chi connectivity index (χ2n) is 2.88. The molecule has 0 saturated carbocycles. The standard InChI is InChI=1S/C9H14O3/c1-7(2)4-9(11)6-12-5-8(3)10/h4H,5-6H2,1-3H3. The molecule has 0 aliphatic heterocycles. The molecule has 0 aromatic rings. The van der Waals surface area contributed by atoms with Crippen molar-refractivity contribution < 1.29 is 14.3 Å². The van der Waals surface area contributed by atoms with Crippen molar-refractivity contribution in [2.24, 2.45) is 0 Å². The van der Waals surface area contributed by atoms with Crippen molar-refractivity contribution in [1.82, 2.24) is 0 Å². The highest BCUT2D eigenvalue weighted by Gasteiger charge is 1.98. The van der Waals surface area contributed by atoms with Gasteiger partial charge in [0.25, 0.3) is 0 Å². The van der Waals surface area contributed by atoms with E-state index in [-0.39, 0.29) is 24.8 Å². The molecule has 0 aliphatic rings. The number of rotatable bonds is 5. The van der Waals surface area contributed by atoms with Crippen molar-refractivity contribution >= 4 is 11.6 Å². The summed E-state index contributed by atoms with van der Waals surface area (Å²) in [6, 6.07) is 0. The summed E-state index contributed by atoms with van der Waals surface area (Å²) >= 11 is 0. The molecule has 0 atom stereocenters. The average Bonchev–Trinajstić information content (AvgIpc) is 1.84. The maximum Gasteiger partial charge on any atom is 0.181 e. The number of hydrogen-bond acceptors (Lipinski definition) is 3. The van der Waals surface area contributed by atoms with Gasteiger partial charge in [0.1, 0.15) is 13.2 Å². The Morgan fingerprint density at radius 1 is 1.17 bits per heavy atom. The molecule has 0 saturated heterocycles. The van der Waals surface area contributed by atoms with E-state index in [2.05, 4.69) is 0 Å². The van der Waals surface area contributed by atoms with Crippen LogP contribution in [-0.2, 0) is 14.3 Å². The summed E-state index contributed by atoms with van der Waals surface area (Å²) in [4.78, 5) is 21.3. The molecule has 3 heteroatoms. The lowest BCUT2D eigenvalue weighted by Crippen LogP contribution is -2.11.